The van der Waals surface area contributed by atoms with Gasteiger partial charge in [0.2, 0.25) is 0 Å². The van der Waals surface area contributed by atoms with Crippen LogP contribution < -0.4 is 0 Å². The summed E-state index contributed by atoms with van der Waals surface area (Å²) in [5.41, 5.74) is 2.15. The predicted octanol–water partition coefficient (Wildman–Crippen LogP) is 3.02. The van der Waals surface area contributed by atoms with Gasteiger partial charge < -0.3 is 9.47 Å². The van der Waals surface area contributed by atoms with Gasteiger partial charge in [-0.1, -0.05) is 36.9 Å². The SMILES string of the molecule is C=Cc1ccc(COCCOC(=O)CCCl)cc1. The first-order valence-corrected chi connectivity index (χ1v) is 6.30. The number of hydrogen-bond acceptors (Lipinski definition) is 3. The molecule has 0 aliphatic carbocycles. The van der Waals surface area contributed by atoms with Crippen LogP contribution in [0.1, 0.15) is 17.5 Å². The van der Waals surface area contributed by atoms with Gasteiger partial charge in [-0.2, -0.15) is 0 Å². The smallest absolute Gasteiger partial charge is 0.307 e. The summed E-state index contributed by atoms with van der Waals surface area (Å²) in [7, 11) is 0. The highest BCUT2D eigenvalue weighted by atomic mass is 35.5. The molecule has 0 aromatic heterocycles. The number of hydrogen-bond donors (Lipinski definition) is 0. The standard InChI is InChI=1S/C14H17ClO3/c1-2-12-3-5-13(6-4-12)11-17-9-10-18-14(16)7-8-15/h2-6H,1,7-11H2. The highest BCUT2D eigenvalue weighted by molar-refractivity contribution is 6.18. The van der Waals surface area contributed by atoms with E-state index in [1.807, 2.05) is 24.3 Å². The van der Waals surface area contributed by atoms with E-state index >= 15 is 0 Å². The zero-order valence-electron chi connectivity index (χ0n) is 10.2. The van der Waals surface area contributed by atoms with E-state index in [0.717, 1.165) is 11.1 Å². The van der Waals surface area contributed by atoms with Crippen LogP contribution >= 0.6 is 11.6 Å². The van der Waals surface area contributed by atoms with Crippen LogP contribution in [0.3, 0.4) is 0 Å². The van der Waals surface area contributed by atoms with Gasteiger partial charge in [0.1, 0.15) is 6.61 Å². The number of alkyl halides is 1. The molecule has 3 nitrogen and oxygen atoms in total. The third-order valence-electron chi connectivity index (χ3n) is 2.27. The second kappa shape index (κ2) is 8.72. The van der Waals surface area contributed by atoms with Crippen LogP contribution in [0.5, 0.6) is 0 Å². The second-order valence-corrected chi connectivity index (χ2v) is 4.04. The summed E-state index contributed by atoms with van der Waals surface area (Å²) in [5, 5.41) is 0. The first-order valence-electron chi connectivity index (χ1n) is 5.77. The molecule has 0 atom stereocenters. The zero-order chi connectivity index (χ0) is 13.2. The number of halogens is 1. The fraction of sp³-hybridized carbons (Fsp3) is 0.357. The minimum Gasteiger partial charge on any atom is -0.463 e. The predicted molar refractivity (Wildman–Crippen MR) is 72.5 cm³/mol. The number of benzene rings is 1. The minimum absolute atomic E-state index is 0.241. The highest BCUT2D eigenvalue weighted by Gasteiger charge is 2.00. The summed E-state index contributed by atoms with van der Waals surface area (Å²) < 4.78 is 10.3. The van der Waals surface area contributed by atoms with Gasteiger partial charge in [0.15, 0.2) is 0 Å². The van der Waals surface area contributed by atoms with Gasteiger partial charge in [-0.05, 0) is 11.1 Å². The number of carbonyl (C=O) groups excluding carboxylic acids is 1. The van der Waals surface area contributed by atoms with Crippen LogP contribution in [0.2, 0.25) is 0 Å². The van der Waals surface area contributed by atoms with Gasteiger partial charge in [0, 0.05) is 5.88 Å². The molecule has 18 heavy (non-hydrogen) atoms. The monoisotopic (exact) mass is 268 g/mol. The Morgan fingerprint density at radius 3 is 2.61 bits per heavy atom. The van der Waals surface area contributed by atoms with Crippen LogP contribution in [0.4, 0.5) is 0 Å². The number of carbonyl (C=O) groups is 1. The lowest BCUT2D eigenvalue weighted by atomic mass is 10.1. The molecule has 0 bridgehead atoms. The molecule has 0 heterocycles. The maximum atomic E-state index is 11.0. The average Bonchev–Trinajstić information content (AvgIpc) is 2.39. The fourth-order valence-corrected chi connectivity index (χ4v) is 1.46. The lowest BCUT2D eigenvalue weighted by Gasteiger charge is -2.06. The van der Waals surface area contributed by atoms with Gasteiger partial charge in [0.05, 0.1) is 19.6 Å². The van der Waals surface area contributed by atoms with E-state index in [4.69, 9.17) is 21.1 Å². The summed E-state index contributed by atoms with van der Waals surface area (Å²) in [6.07, 6.45) is 2.03. The van der Waals surface area contributed by atoms with Gasteiger partial charge in [-0.3, -0.25) is 4.79 Å². The van der Waals surface area contributed by atoms with E-state index in [1.165, 1.54) is 0 Å². The van der Waals surface area contributed by atoms with Crippen LogP contribution in [-0.2, 0) is 20.9 Å². The molecule has 4 heteroatoms. The van der Waals surface area contributed by atoms with Crippen molar-refractivity contribution in [2.24, 2.45) is 0 Å². The van der Waals surface area contributed by atoms with Crippen molar-refractivity contribution >= 4 is 23.6 Å². The first kappa shape index (κ1) is 14.7. The molecule has 1 aromatic rings. The molecule has 0 unspecified atom stereocenters. The topological polar surface area (TPSA) is 35.5 Å². The van der Waals surface area contributed by atoms with Crippen LogP contribution in [0.15, 0.2) is 30.8 Å². The van der Waals surface area contributed by atoms with Crippen molar-refractivity contribution in [2.75, 3.05) is 19.1 Å². The third-order valence-corrected chi connectivity index (χ3v) is 2.46. The average molecular weight is 269 g/mol. The molecule has 98 valence electrons. The van der Waals surface area contributed by atoms with Gasteiger partial charge in [-0.25, -0.2) is 0 Å². The second-order valence-electron chi connectivity index (χ2n) is 3.66. The minimum atomic E-state index is -0.288. The highest BCUT2D eigenvalue weighted by Crippen LogP contribution is 2.06. The van der Waals surface area contributed by atoms with Gasteiger partial charge in [0.25, 0.3) is 0 Å². The Hall–Kier alpha value is -1.32. The van der Waals surface area contributed by atoms with Crippen LogP contribution in [0.25, 0.3) is 6.08 Å². The summed E-state index contributed by atoms with van der Waals surface area (Å²) in [4.78, 5) is 11.0. The van der Waals surface area contributed by atoms with Crippen molar-refractivity contribution in [3.63, 3.8) is 0 Å². The maximum absolute atomic E-state index is 11.0. The van der Waals surface area contributed by atoms with Crippen molar-refractivity contribution in [3.05, 3.63) is 42.0 Å². The molecule has 0 aliphatic heterocycles. The van der Waals surface area contributed by atoms with Crippen molar-refractivity contribution in [1.29, 1.82) is 0 Å². The molecule has 0 radical (unpaired) electrons. The summed E-state index contributed by atoms with van der Waals surface area (Å²) in [6.45, 7) is 4.84. The Balaban J connectivity index is 2.13. The van der Waals surface area contributed by atoms with Crippen molar-refractivity contribution < 1.29 is 14.3 Å². The Bertz CT molecular complexity index is 373. The molecule has 0 saturated heterocycles. The number of rotatable bonds is 8. The molecule has 0 amide bonds. The Labute approximate surface area is 112 Å². The normalized spacial score (nSPS) is 10.1. The van der Waals surface area contributed by atoms with E-state index in [2.05, 4.69) is 6.58 Å². The van der Waals surface area contributed by atoms with E-state index in [9.17, 15) is 4.79 Å². The Morgan fingerprint density at radius 1 is 1.28 bits per heavy atom. The Kier molecular flexibility index (Phi) is 7.14. The fourth-order valence-electron chi connectivity index (χ4n) is 1.30. The molecule has 0 N–H and O–H groups in total. The summed E-state index contributed by atoms with van der Waals surface area (Å²) in [5.74, 6) is -0.000976. The van der Waals surface area contributed by atoms with E-state index in [-0.39, 0.29) is 24.9 Å². The summed E-state index contributed by atoms with van der Waals surface area (Å²) >= 11 is 5.40. The maximum Gasteiger partial charge on any atom is 0.307 e. The number of ether oxygens (including phenoxy) is 2. The van der Waals surface area contributed by atoms with Crippen LogP contribution in [0, 0.1) is 0 Å². The van der Waals surface area contributed by atoms with E-state index in [0.29, 0.717) is 13.2 Å². The van der Waals surface area contributed by atoms with Gasteiger partial charge in [-0.15, -0.1) is 11.6 Å². The molecule has 1 rings (SSSR count). The molecule has 1 aromatic carbocycles. The van der Waals surface area contributed by atoms with Crippen molar-refractivity contribution in [1.82, 2.24) is 0 Å². The zero-order valence-corrected chi connectivity index (χ0v) is 11.0. The van der Waals surface area contributed by atoms with Crippen LogP contribution in [-0.4, -0.2) is 25.1 Å². The molecule has 0 saturated carbocycles. The van der Waals surface area contributed by atoms with Gasteiger partial charge >= 0.3 is 5.97 Å². The summed E-state index contributed by atoms with van der Waals surface area (Å²) in [6, 6.07) is 7.92. The van der Waals surface area contributed by atoms with E-state index < -0.39 is 0 Å². The molecular formula is C14H17ClO3. The molecular weight excluding hydrogens is 252 g/mol. The molecule has 0 fully saturated rings. The van der Waals surface area contributed by atoms with E-state index in [1.54, 1.807) is 6.08 Å². The van der Waals surface area contributed by atoms with Crippen molar-refractivity contribution in [3.8, 4) is 0 Å². The lowest BCUT2D eigenvalue weighted by molar-refractivity contribution is -0.144. The first-order chi connectivity index (χ1) is 8.76. The molecule has 0 aliphatic rings. The third kappa shape index (κ3) is 5.84. The lowest BCUT2D eigenvalue weighted by Crippen LogP contribution is -2.10. The van der Waals surface area contributed by atoms with Crippen molar-refractivity contribution in [2.45, 2.75) is 13.0 Å². The Morgan fingerprint density at radius 2 is 2.00 bits per heavy atom. The number of esters is 1. The quantitative estimate of drug-likeness (QED) is 0.413. The molecule has 0 spiro atoms. The largest absolute Gasteiger partial charge is 0.463 e.